The van der Waals surface area contributed by atoms with Crippen LogP contribution < -0.4 is 0 Å². The summed E-state index contributed by atoms with van der Waals surface area (Å²) < 4.78 is 25.1. The highest BCUT2D eigenvalue weighted by Crippen LogP contribution is 2.40. The second-order valence-corrected chi connectivity index (χ2v) is 3.95. The largest absolute Gasteiger partial charge is 0.298 e. The molecule has 0 N–H and O–H groups in total. The third kappa shape index (κ3) is 2.08. The van der Waals surface area contributed by atoms with E-state index in [0.717, 1.165) is 0 Å². The van der Waals surface area contributed by atoms with Crippen molar-refractivity contribution in [3.8, 4) is 0 Å². The molecule has 0 aromatic carbocycles. The molecule has 74 valence electrons. The van der Waals surface area contributed by atoms with Crippen molar-refractivity contribution in [2.75, 3.05) is 13.3 Å². The summed E-state index contributed by atoms with van der Waals surface area (Å²) in [5.74, 6) is 0. The molecule has 0 amide bonds. The molecule has 0 unspecified atom stereocenters. The Morgan fingerprint density at radius 1 is 1.46 bits per heavy atom. The number of hydrogen-bond acceptors (Lipinski definition) is 1. The number of halogens is 3. The van der Waals surface area contributed by atoms with Crippen molar-refractivity contribution < 1.29 is 13.6 Å². The first-order chi connectivity index (χ1) is 6.17. The predicted octanol–water partition coefficient (Wildman–Crippen LogP) is 2.79. The summed E-state index contributed by atoms with van der Waals surface area (Å²) in [6.07, 6.45) is 1.52. The van der Waals surface area contributed by atoms with Crippen molar-refractivity contribution >= 4 is 17.9 Å². The Hall–Kier alpha value is -0.440. The van der Waals surface area contributed by atoms with E-state index in [1.54, 1.807) is 0 Å². The fourth-order valence-electron chi connectivity index (χ4n) is 1.49. The van der Waals surface area contributed by atoms with Crippen LogP contribution in [0.3, 0.4) is 0 Å². The predicted molar refractivity (Wildman–Crippen MR) is 47.2 cm³/mol. The van der Waals surface area contributed by atoms with Crippen LogP contribution in [0.5, 0.6) is 0 Å². The highest BCUT2D eigenvalue weighted by Gasteiger charge is 2.35. The number of carbonyl (C=O) groups is 1. The second-order valence-electron chi connectivity index (χ2n) is 3.49. The molecule has 0 atom stereocenters. The summed E-state index contributed by atoms with van der Waals surface area (Å²) in [6.45, 7) is -1.46. The molecule has 0 saturated heterocycles. The molecule has 1 aliphatic rings. The molecule has 0 heterocycles. The summed E-state index contributed by atoms with van der Waals surface area (Å²) in [5.41, 5.74) is -0.641. The van der Waals surface area contributed by atoms with Gasteiger partial charge in [0.2, 0.25) is 0 Å². The monoisotopic (exact) mass is 208 g/mol. The van der Waals surface area contributed by atoms with Crippen LogP contribution in [0.15, 0.2) is 10.6 Å². The summed E-state index contributed by atoms with van der Waals surface area (Å²) in [7, 11) is 0. The first-order valence-corrected chi connectivity index (χ1v) is 4.50. The van der Waals surface area contributed by atoms with E-state index in [4.69, 9.17) is 11.6 Å². The zero-order chi connectivity index (χ0) is 9.90. The SMILES string of the molecule is O=CC1=C(Cl)CCC(CF)(CF)C1. The normalized spacial score (nSPS) is 21.8. The highest BCUT2D eigenvalue weighted by atomic mass is 35.5. The average molecular weight is 209 g/mol. The molecule has 0 bridgehead atoms. The van der Waals surface area contributed by atoms with E-state index in [-0.39, 0.29) is 6.42 Å². The lowest BCUT2D eigenvalue weighted by Crippen LogP contribution is -2.30. The van der Waals surface area contributed by atoms with E-state index in [0.29, 0.717) is 29.7 Å². The Morgan fingerprint density at radius 3 is 2.54 bits per heavy atom. The first-order valence-electron chi connectivity index (χ1n) is 4.12. The Labute approximate surface area is 80.8 Å². The average Bonchev–Trinajstić information content (AvgIpc) is 2.19. The number of hydrogen-bond donors (Lipinski definition) is 0. The van der Waals surface area contributed by atoms with Crippen molar-refractivity contribution in [3.05, 3.63) is 10.6 Å². The first kappa shape index (κ1) is 10.6. The molecule has 1 aliphatic carbocycles. The maximum Gasteiger partial charge on any atom is 0.147 e. The maximum atomic E-state index is 12.5. The number of allylic oxidation sites excluding steroid dienone is 2. The van der Waals surface area contributed by atoms with Crippen molar-refractivity contribution in [1.29, 1.82) is 0 Å². The minimum atomic E-state index is -0.991. The third-order valence-electron chi connectivity index (χ3n) is 2.50. The van der Waals surface area contributed by atoms with E-state index in [1.807, 2.05) is 0 Å². The zero-order valence-electron chi connectivity index (χ0n) is 7.16. The fourth-order valence-corrected chi connectivity index (χ4v) is 1.70. The van der Waals surface area contributed by atoms with Gasteiger partial charge >= 0.3 is 0 Å². The molecule has 13 heavy (non-hydrogen) atoms. The van der Waals surface area contributed by atoms with Gasteiger partial charge in [0, 0.05) is 16.0 Å². The smallest absolute Gasteiger partial charge is 0.147 e. The van der Waals surface area contributed by atoms with Gasteiger partial charge in [0.15, 0.2) is 0 Å². The topological polar surface area (TPSA) is 17.1 Å². The van der Waals surface area contributed by atoms with Crippen LogP contribution in [-0.2, 0) is 4.79 Å². The van der Waals surface area contributed by atoms with E-state index < -0.39 is 18.8 Å². The van der Waals surface area contributed by atoms with Gasteiger partial charge in [-0.3, -0.25) is 13.6 Å². The van der Waals surface area contributed by atoms with Crippen LogP contribution in [0.25, 0.3) is 0 Å². The highest BCUT2D eigenvalue weighted by molar-refractivity contribution is 6.31. The van der Waals surface area contributed by atoms with Crippen LogP contribution in [0.1, 0.15) is 19.3 Å². The molecule has 0 fully saturated rings. The summed E-state index contributed by atoms with van der Waals surface area (Å²) >= 11 is 5.73. The van der Waals surface area contributed by atoms with E-state index >= 15 is 0 Å². The Morgan fingerprint density at radius 2 is 2.08 bits per heavy atom. The Kier molecular flexibility index (Phi) is 3.42. The lowest BCUT2D eigenvalue weighted by atomic mass is 9.76. The van der Waals surface area contributed by atoms with Crippen molar-refractivity contribution in [3.63, 3.8) is 0 Å². The summed E-state index contributed by atoms with van der Waals surface area (Å²) in [5, 5.41) is 0.451. The number of rotatable bonds is 3. The minimum absolute atomic E-state index is 0.127. The molecule has 1 nitrogen and oxygen atoms in total. The quantitative estimate of drug-likeness (QED) is 0.652. The third-order valence-corrected chi connectivity index (χ3v) is 2.93. The molecule has 0 saturated carbocycles. The molecule has 0 aliphatic heterocycles. The van der Waals surface area contributed by atoms with Crippen LogP contribution in [-0.4, -0.2) is 19.6 Å². The molecular weight excluding hydrogens is 198 g/mol. The lowest BCUT2D eigenvalue weighted by molar-refractivity contribution is -0.105. The van der Waals surface area contributed by atoms with Crippen LogP contribution in [0.2, 0.25) is 0 Å². The molecule has 4 heteroatoms. The fraction of sp³-hybridized carbons (Fsp3) is 0.667. The second kappa shape index (κ2) is 4.18. The van der Waals surface area contributed by atoms with Gasteiger partial charge in [-0.1, -0.05) is 11.6 Å². The molecule has 0 aromatic rings. The van der Waals surface area contributed by atoms with Crippen LogP contribution in [0.4, 0.5) is 8.78 Å². The molecule has 1 rings (SSSR count). The van der Waals surface area contributed by atoms with Gasteiger partial charge in [-0.2, -0.15) is 0 Å². The molecule has 0 spiro atoms. The molecule has 0 aromatic heterocycles. The van der Waals surface area contributed by atoms with E-state index in [2.05, 4.69) is 0 Å². The number of aldehydes is 1. The zero-order valence-corrected chi connectivity index (χ0v) is 7.91. The van der Waals surface area contributed by atoms with Gasteiger partial charge in [0.25, 0.3) is 0 Å². The van der Waals surface area contributed by atoms with E-state index in [9.17, 15) is 13.6 Å². The van der Waals surface area contributed by atoms with Gasteiger partial charge in [-0.05, 0) is 19.3 Å². The van der Waals surface area contributed by atoms with Gasteiger partial charge in [0.05, 0.1) is 13.3 Å². The number of carbonyl (C=O) groups excluding carboxylic acids is 1. The van der Waals surface area contributed by atoms with Gasteiger partial charge in [0.1, 0.15) is 6.29 Å². The maximum absolute atomic E-state index is 12.5. The van der Waals surface area contributed by atoms with Gasteiger partial charge in [-0.25, -0.2) is 0 Å². The van der Waals surface area contributed by atoms with Crippen LogP contribution in [0, 0.1) is 5.41 Å². The Balaban J connectivity index is 2.84. The number of alkyl halides is 2. The Bertz CT molecular complexity index is 234. The standard InChI is InChI=1S/C9H11ClF2O/c10-8-1-2-9(5-11,6-12)3-7(8)4-13/h4H,1-3,5-6H2. The summed E-state index contributed by atoms with van der Waals surface area (Å²) in [6, 6.07) is 0. The van der Waals surface area contributed by atoms with E-state index in [1.165, 1.54) is 0 Å². The van der Waals surface area contributed by atoms with Gasteiger partial charge in [-0.15, -0.1) is 0 Å². The lowest BCUT2D eigenvalue weighted by Gasteiger charge is -2.31. The van der Waals surface area contributed by atoms with Crippen LogP contribution >= 0.6 is 11.6 Å². The van der Waals surface area contributed by atoms with Crippen molar-refractivity contribution in [2.24, 2.45) is 5.41 Å². The molecular formula is C9H11ClF2O. The minimum Gasteiger partial charge on any atom is -0.298 e. The van der Waals surface area contributed by atoms with Crippen molar-refractivity contribution in [1.82, 2.24) is 0 Å². The molecule has 0 radical (unpaired) electrons. The van der Waals surface area contributed by atoms with Gasteiger partial charge < -0.3 is 0 Å². The van der Waals surface area contributed by atoms with Crippen molar-refractivity contribution in [2.45, 2.75) is 19.3 Å². The summed E-state index contributed by atoms with van der Waals surface area (Å²) in [4.78, 5) is 10.5.